The maximum atomic E-state index is 12.8. The summed E-state index contributed by atoms with van der Waals surface area (Å²) in [4.78, 5) is 24.5. The molecule has 0 radical (unpaired) electrons. The number of ketones is 1. The lowest BCUT2D eigenvalue weighted by molar-refractivity contribution is 0.0993. The number of nitrogens with zero attached hydrogens (tertiary/aromatic N) is 3. The van der Waals surface area contributed by atoms with Crippen molar-refractivity contribution in [3.8, 4) is 11.8 Å². The molecule has 1 fully saturated rings. The molecule has 0 aliphatic carbocycles. The average Bonchev–Trinajstić information content (AvgIpc) is 3.29. The summed E-state index contributed by atoms with van der Waals surface area (Å²) in [5.41, 5.74) is 4.59. The van der Waals surface area contributed by atoms with E-state index in [9.17, 15) is 4.79 Å². The van der Waals surface area contributed by atoms with E-state index in [2.05, 4.69) is 62.9 Å². The topological polar surface area (TPSA) is 52.2 Å². The van der Waals surface area contributed by atoms with E-state index >= 15 is 0 Å². The summed E-state index contributed by atoms with van der Waals surface area (Å²) in [5, 5.41) is 0. The van der Waals surface area contributed by atoms with Crippen LogP contribution in [0.5, 0.6) is 0 Å². The van der Waals surface area contributed by atoms with Gasteiger partial charge in [0.2, 0.25) is 0 Å². The Kier molecular flexibility index (Phi) is 6.38. The van der Waals surface area contributed by atoms with E-state index < -0.39 is 0 Å². The van der Waals surface area contributed by atoms with Crippen molar-refractivity contribution in [1.29, 1.82) is 0 Å². The predicted octanol–water partition coefficient (Wildman–Crippen LogP) is 2.98. The summed E-state index contributed by atoms with van der Waals surface area (Å²) in [7, 11) is 2.17. The molecular formula is C25H26N4O. The molecule has 2 heterocycles. The van der Waals surface area contributed by atoms with Crippen molar-refractivity contribution < 1.29 is 4.79 Å². The molecule has 1 aliphatic rings. The lowest BCUT2D eigenvalue weighted by Gasteiger charge is -2.32. The molecule has 0 unspecified atom stereocenters. The highest BCUT2D eigenvalue weighted by Crippen LogP contribution is 2.13. The normalized spacial score (nSPS) is 14.8. The monoisotopic (exact) mass is 398 g/mol. The second-order valence-corrected chi connectivity index (χ2v) is 7.79. The molecule has 30 heavy (non-hydrogen) atoms. The number of hydrogen-bond acceptors (Lipinski definition) is 4. The highest BCUT2D eigenvalue weighted by molar-refractivity contribution is 5.97. The Balaban J connectivity index is 1.36. The molecule has 2 aromatic carbocycles. The van der Waals surface area contributed by atoms with E-state index in [-0.39, 0.29) is 5.78 Å². The molecule has 0 amide bonds. The van der Waals surface area contributed by atoms with Crippen LogP contribution in [0.2, 0.25) is 0 Å². The minimum atomic E-state index is 0.104. The summed E-state index contributed by atoms with van der Waals surface area (Å²) in [6.07, 6.45) is 3.67. The first-order valence-electron chi connectivity index (χ1n) is 10.3. The van der Waals surface area contributed by atoms with E-state index in [4.69, 9.17) is 0 Å². The molecule has 0 bridgehead atoms. The van der Waals surface area contributed by atoms with Gasteiger partial charge in [0, 0.05) is 50.3 Å². The number of nitrogens with one attached hydrogen (secondary N) is 1. The van der Waals surface area contributed by atoms with Crippen molar-refractivity contribution in [3.05, 3.63) is 89.0 Å². The summed E-state index contributed by atoms with van der Waals surface area (Å²) in [6, 6.07) is 15.9. The van der Waals surface area contributed by atoms with Crippen LogP contribution in [-0.2, 0) is 13.0 Å². The molecule has 0 atom stereocenters. The van der Waals surface area contributed by atoms with Gasteiger partial charge in [0.1, 0.15) is 5.69 Å². The van der Waals surface area contributed by atoms with Gasteiger partial charge in [-0.2, -0.15) is 0 Å². The number of piperazine rings is 1. The van der Waals surface area contributed by atoms with E-state index in [1.54, 1.807) is 12.5 Å². The number of H-pyrrole nitrogens is 1. The van der Waals surface area contributed by atoms with Crippen molar-refractivity contribution in [1.82, 2.24) is 19.8 Å². The quantitative estimate of drug-likeness (QED) is 0.530. The van der Waals surface area contributed by atoms with E-state index in [0.717, 1.165) is 49.5 Å². The Morgan fingerprint density at radius 2 is 1.80 bits per heavy atom. The molecule has 1 N–H and O–H groups in total. The summed E-state index contributed by atoms with van der Waals surface area (Å²) >= 11 is 0. The molecule has 4 rings (SSSR count). The number of aromatic nitrogens is 2. The van der Waals surface area contributed by atoms with Crippen molar-refractivity contribution in [2.75, 3.05) is 33.2 Å². The van der Waals surface area contributed by atoms with E-state index in [0.29, 0.717) is 12.0 Å². The molecule has 5 heteroatoms. The predicted molar refractivity (Wildman–Crippen MR) is 118 cm³/mol. The number of benzene rings is 2. The zero-order chi connectivity index (χ0) is 20.8. The second kappa shape index (κ2) is 9.53. The molecule has 3 aromatic rings. The molecule has 1 saturated heterocycles. The Morgan fingerprint density at radius 3 is 2.53 bits per heavy atom. The van der Waals surface area contributed by atoms with Crippen LogP contribution < -0.4 is 0 Å². The lowest BCUT2D eigenvalue weighted by atomic mass is 10.0. The third-order valence-electron chi connectivity index (χ3n) is 5.41. The number of rotatable bonds is 5. The van der Waals surface area contributed by atoms with E-state index in [1.807, 2.05) is 24.3 Å². The van der Waals surface area contributed by atoms with Gasteiger partial charge in [0.15, 0.2) is 5.78 Å². The van der Waals surface area contributed by atoms with Crippen LogP contribution in [0.4, 0.5) is 0 Å². The number of hydrogen-bond donors (Lipinski definition) is 1. The Hall–Kier alpha value is -3.20. The maximum absolute atomic E-state index is 12.8. The molecule has 1 aromatic heterocycles. The van der Waals surface area contributed by atoms with Crippen LogP contribution in [-0.4, -0.2) is 58.8 Å². The molecule has 152 valence electrons. The molecule has 0 spiro atoms. The average molecular weight is 399 g/mol. The van der Waals surface area contributed by atoms with Crippen LogP contribution in [0.25, 0.3) is 0 Å². The molecule has 1 aliphatic heterocycles. The van der Waals surface area contributed by atoms with Gasteiger partial charge < -0.3 is 9.88 Å². The van der Waals surface area contributed by atoms with Crippen LogP contribution >= 0.6 is 0 Å². The number of aromatic amines is 1. The van der Waals surface area contributed by atoms with Gasteiger partial charge in [-0.15, -0.1) is 0 Å². The number of imidazole rings is 1. The second-order valence-electron chi connectivity index (χ2n) is 7.79. The van der Waals surface area contributed by atoms with Crippen LogP contribution in [0, 0.1) is 11.8 Å². The molecule has 5 nitrogen and oxygen atoms in total. The summed E-state index contributed by atoms with van der Waals surface area (Å²) in [5.74, 6) is 6.19. The first-order valence-corrected chi connectivity index (χ1v) is 10.3. The van der Waals surface area contributed by atoms with Crippen LogP contribution in [0.15, 0.2) is 61.1 Å². The van der Waals surface area contributed by atoms with Gasteiger partial charge in [0.25, 0.3) is 0 Å². The SMILES string of the molecule is CN1CCN(Cc2ccc(CC(=O)c3cccc(C#Cc4cnc[nH]4)c3)cc2)CC1. The third-order valence-corrected chi connectivity index (χ3v) is 5.41. The fourth-order valence-corrected chi connectivity index (χ4v) is 3.55. The number of carbonyl (C=O) groups excluding carboxylic acids is 1. The van der Waals surface area contributed by atoms with E-state index in [1.165, 1.54) is 5.56 Å². The smallest absolute Gasteiger partial charge is 0.167 e. The van der Waals surface area contributed by atoms with Gasteiger partial charge in [-0.25, -0.2) is 4.98 Å². The number of carbonyl (C=O) groups is 1. The minimum Gasteiger partial charge on any atom is -0.338 e. The van der Waals surface area contributed by atoms with Gasteiger partial charge in [-0.3, -0.25) is 9.69 Å². The van der Waals surface area contributed by atoms with Crippen molar-refractivity contribution in [2.45, 2.75) is 13.0 Å². The highest BCUT2D eigenvalue weighted by atomic mass is 16.1. The van der Waals surface area contributed by atoms with Crippen molar-refractivity contribution in [2.24, 2.45) is 0 Å². The molecular weight excluding hydrogens is 372 g/mol. The standard InChI is InChI=1S/C25H26N4O/c1-28-11-13-29(14-12-28)18-22-7-5-21(6-8-22)16-25(30)23-4-2-3-20(15-23)9-10-24-17-26-19-27-24/h2-8,15,17,19H,11-14,16,18H2,1H3,(H,26,27). The summed E-state index contributed by atoms with van der Waals surface area (Å²) in [6.45, 7) is 5.43. The maximum Gasteiger partial charge on any atom is 0.167 e. The Bertz CT molecular complexity index is 1040. The Labute approximate surface area is 177 Å². The largest absolute Gasteiger partial charge is 0.338 e. The first kappa shape index (κ1) is 20.1. The number of Topliss-reactive ketones (excluding diaryl/α,β-unsaturated/α-hetero) is 1. The van der Waals surface area contributed by atoms with Gasteiger partial charge in [-0.1, -0.05) is 42.3 Å². The fourth-order valence-electron chi connectivity index (χ4n) is 3.55. The van der Waals surface area contributed by atoms with Gasteiger partial charge in [-0.05, 0) is 36.2 Å². The fraction of sp³-hybridized carbons (Fsp3) is 0.280. The zero-order valence-corrected chi connectivity index (χ0v) is 17.3. The Morgan fingerprint density at radius 1 is 1.03 bits per heavy atom. The van der Waals surface area contributed by atoms with Crippen LogP contribution in [0.3, 0.4) is 0 Å². The minimum absolute atomic E-state index is 0.104. The highest BCUT2D eigenvalue weighted by Gasteiger charge is 2.14. The van der Waals surface area contributed by atoms with Gasteiger partial charge >= 0.3 is 0 Å². The summed E-state index contributed by atoms with van der Waals surface area (Å²) < 4.78 is 0. The lowest BCUT2D eigenvalue weighted by Crippen LogP contribution is -2.43. The zero-order valence-electron chi connectivity index (χ0n) is 17.3. The molecule has 0 saturated carbocycles. The number of likely N-dealkylation sites (N-methyl/N-ethyl adjacent to an activating group) is 1. The third kappa shape index (κ3) is 5.44. The van der Waals surface area contributed by atoms with Crippen LogP contribution in [0.1, 0.15) is 32.7 Å². The first-order chi connectivity index (χ1) is 14.7. The van der Waals surface area contributed by atoms with Gasteiger partial charge in [0.05, 0.1) is 12.5 Å². The van der Waals surface area contributed by atoms with Crippen molar-refractivity contribution >= 4 is 5.78 Å². The van der Waals surface area contributed by atoms with Crippen molar-refractivity contribution in [3.63, 3.8) is 0 Å².